The summed E-state index contributed by atoms with van der Waals surface area (Å²) in [7, 11) is -1.71. The molecule has 5 rings (SSSR count). The normalized spacial score (nSPS) is 24.9. The van der Waals surface area contributed by atoms with Gasteiger partial charge in [0, 0.05) is 5.92 Å². The van der Waals surface area contributed by atoms with Crippen LogP contribution in [0.5, 0.6) is 0 Å². The van der Waals surface area contributed by atoms with E-state index in [0.717, 1.165) is 35.3 Å². The zero-order chi connectivity index (χ0) is 27.7. The second-order valence-electron chi connectivity index (χ2n) is 10.5. The van der Waals surface area contributed by atoms with Crippen LogP contribution in [0, 0.1) is 17.8 Å². The van der Waals surface area contributed by atoms with Crippen LogP contribution in [-0.2, 0) is 20.9 Å². The first kappa shape index (κ1) is 27.5. The number of furan rings is 1. The van der Waals surface area contributed by atoms with Gasteiger partial charge < -0.3 is 29.4 Å². The summed E-state index contributed by atoms with van der Waals surface area (Å²) in [6.45, 7) is 2.06. The average molecular weight is 535 g/mol. The van der Waals surface area contributed by atoms with E-state index in [2.05, 4.69) is 6.92 Å². The molecule has 0 saturated carbocycles. The molecule has 3 heterocycles. The lowest BCUT2D eigenvalue weighted by Gasteiger charge is -2.31. The van der Waals surface area contributed by atoms with Gasteiger partial charge in [0.1, 0.15) is 18.1 Å². The number of rotatable bonds is 10. The third kappa shape index (κ3) is 5.27. The van der Waals surface area contributed by atoms with Gasteiger partial charge in [-0.1, -0.05) is 31.1 Å². The molecule has 2 aliphatic heterocycles. The Morgan fingerprint density at radius 1 is 1.08 bits per heavy atom. The van der Waals surface area contributed by atoms with Gasteiger partial charge in [0.25, 0.3) is 0 Å². The maximum Gasteiger partial charge on any atom is 0.488 e. The Kier molecular flexibility index (Phi) is 8.20. The van der Waals surface area contributed by atoms with Gasteiger partial charge in [-0.3, -0.25) is 14.5 Å². The van der Waals surface area contributed by atoms with E-state index in [1.807, 2.05) is 12.1 Å². The van der Waals surface area contributed by atoms with Crippen molar-refractivity contribution in [1.82, 2.24) is 0 Å². The highest BCUT2D eigenvalue weighted by Gasteiger charge is 2.57. The Balaban J connectivity index is 1.36. The van der Waals surface area contributed by atoms with Crippen LogP contribution >= 0.6 is 0 Å². The van der Waals surface area contributed by atoms with Crippen LogP contribution < -0.4 is 10.4 Å². The minimum Gasteiger partial charge on any atom is -0.459 e. The van der Waals surface area contributed by atoms with Crippen LogP contribution in [0.2, 0.25) is 0 Å². The summed E-state index contributed by atoms with van der Waals surface area (Å²) in [6.07, 6.45) is 5.30. The summed E-state index contributed by atoms with van der Waals surface area (Å²) in [5.41, 5.74) is 3.40. The number of allylic oxidation sites excluding steroid dienone is 1. The highest BCUT2D eigenvalue weighted by molar-refractivity contribution is 6.58. The topological polar surface area (TPSA) is 141 Å². The summed E-state index contributed by atoms with van der Waals surface area (Å²) in [5, 5.41) is 38.7. The van der Waals surface area contributed by atoms with Crippen LogP contribution in [0.15, 0.2) is 57.5 Å². The standard InChI is InChI=1S/C29H34BNO8/c1-2-4-17(11-21-8-9-22(15-33)39-21)7-10-25-26-18(14-32)12-23-27(24(26)16-38-25)29(35)31(28(23)34)20-6-3-5-19(13-20)30(36)37/h3,5-6,8-9,11,13,23-25,27,32-33,36-37H,2,4,7,10,12,14-16H2,1H3/b17-11+/t23-,24+,25-,27-/m1/s1. The van der Waals surface area contributed by atoms with Gasteiger partial charge in [-0.05, 0) is 72.6 Å². The van der Waals surface area contributed by atoms with E-state index in [1.165, 1.54) is 17.7 Å². The van der Waals surface area contributed by atoms with Crippen molar-refractivity contribution in [2.75, 3.05) is 18.1 Å². The van der Waals surface area contributed by atoms with E-state index >= 15 is 0 Å². The number of hydrogen-bond acceptors (Lipinski definition) is 8. The van der Waals surface area contributed by atoms with Crippen LogP contribution in [-0.4, -0.2) is 58.5 Å². The molecule has 2 fully saturated rings. The van der Waals surface area contributed by atoms with Crippen molar-refractivity contribution in [2.45, 2.75) is 51.7 Å². The van der Waals surface area contributed by atoms with E-state index in [0.29, 0.717) is 36.7 Å². The average Bonchev–Trinajstić information content (AvgIpc) is 3.63. The molecule has 2 amide bonds. The molecule has 0 bridgehead atoms. The summed E-state index contributed by atoms with van der Waals surface area (Å²) >= 11 is 0. The zero-order valence-electron chi connectivity index (χ0n) is 22.0. The van der Waals surface area contributed by atoms with Crippen molar-refractivity contribution >= 4 is 36.2 Å². The van der Waals surface area contributed by atoms with Crippen LogP contribution in [0.3, 0.4) is 0 Å². The number of fused-ring (bicyclic) bond motifs is 3. The third-order valence-electron chi connectivity index (χ3n) is 8.11. The fourth-order valence-electron chi connectivity index (χ4n) is 6.36. The molecule has 0 spiro atoms. The fourth-order valence-corrected chi connectivity index (χ4v) is 6.36. The van der Waals surface area contributed by atoms with Gasteiger partial charge >= 0.3 is 7.12 Å². The third-order valence-corrected chi connectivity index (χ3v) is 8.11. The summed E-state index contributed by atoms with van der Waals surface area (Å²) in [5.74, 6) is -0.914. The number of aliphatic hydroxyl groups is 2. The molecule has 4 atom stereocenters. The van der Waals surface area contributed by atoms with Gasteiger partial charge in [0.2, 0.25) is 11.8 Å². The van der Waals surface area contributed by atoms with Crippen molar-refractivity contribution in [3.05, 3.63) is 64.6 Å². The largest absolute Gasteiger partial charge is 0.488 e. The molecule has 0 unspecified atom stereocenters. The van der Waals surface area contributed by atoms with Crippen molar-refractivity contribution in [2.24, 2.45) is 17.8 Å². The number of imide groups is 1. The van der Waals surface area contributed by atoms with E-state index in [-0.39, 0.29) is 42.5 Å². The molecule has 4 N–H and O–H groups in total. The van der Waals surface area contributed by atoms with Crippen molar-refractivity contribution in [1.29, 1.82) is 0 Å². The maximum absolute atomic E-state index is 13.7. The molecule has 9 nitrogen and oxygen atoms in total. The lowest BCUT2D eigenvalue weighted by molar-refractivity contribution is -0.122. The number of carbonyl (C=O) groups is 2. The highest BCUT2D eigenvalue weighted by Crippen LogP contribution is 2.50. The zero-order valence-corrected chi connectivity index (χ0v) is 22.0. The Labute approximate surface area is 227 Å². The molecule has 206 valence electrons. The number of amides is 2. The Morgan fingerprint density at radius 3 is 2.59 bits per heavy atom. The lowest BCUT2D eigenvalue weighted by atomic mass is 9.69. The molecule has 10 heteroatoms. The first-order valence-corrected chi connectivity index (χ1v) is 13.5. The van der Waals surface area contributed by atoms with E-state index in [4.69, 9.17) is 9.15 Å². The number of ether oxygens (including phenoxy) is 1. The second-order valence-corrected chi connectivity index (χ2v) is 10.5. The molecular weight excluding hydrogens is 501 g/mol. The van der Waals surface area contributed by atoms with Gasteiger partial charge in [0.15, 0.2) is 0 Å². The van der Waals surface area contributed by atoms with Crippen molar-refractivity contribution in [3.8, 4) is 0 Å². The van der Waals surface area contributed by atoms with Gasteiger partial charge in [-0.15, -0.1) is 0 Å². The number of benzene rings is 1. The Hall–Kier alpha value is -3.02. The molecule has 0 radical (unpaired) electrons. The fraction of sp³-hybridized carbons (Fsp3) is 0.448. The smallest absolute Gasteiger partial charge is 0.459 e. The molecule has 2 saturated heterocycles. The lowest BCUT2D eigenvalue weighted by Crippen LogP contribution is -2.35. The summed E-state index contributed by atoms with van der Waals surface area (Å²) in [6, 6.07) is 9.74. The number of hydrogen-bond donors (Lipinski definition) is 4. The number of anilines is 1. The quantitative estimate of drug-likeness (QED) is 0.206. The first-order chi connectivity index (χ1) is 18.9. The molecule has 1 aliphatic carbocycles. The van der Waals surface area contributed by atoms with Crippen LogP contribution in [0.25, 0.3) is 6.08 Å². The second kappa shape index (κ2) is 11.6. The highest BCUT2D eigenvalue weighted by atomic mass is 16.5. The summed E-state index contributed by atoms with van der Waals surface area (Å²) < 4.78 is 11.9. The Morgan fingerprint density at radius 2 is 1.90 bits per heavy atom. The number of carbonyl (C=O) groups excluding carboxylic acids is 2. The Bertz CT molecular complexity index is 1300. The molecule has 1 aromatic heterocycles. The predicted molar refractivity (Wildman–Crippen MR) is 144 cm³/mol. The minimum absolute atomic E-state index is 0.151. The van der Waals surface area contributed by atoms with Crippen molar-refractivity contribution in [3.63, 3.8) is 0 Å². The molecule has 1 aromatic carbocycles. The number of nitrogens with zero attached hydrogens (tertiary/aromatic N) is 1. The monoisotopic (exact) mass is 535 g/mol. The molecule has 39 heavy (non-hydrogen) atoms. The van der Waals surface area contributed by atoms with E-state index < -0.39 is 19.0 Å². The van der Waals surface area contributed by atoms with Gasteiger partial charge in [-0.2, -0.15) is 0 Å². The first-order valence-electron chi connectivity index (χ1n) is 13.5. The minimum atomic E-state index is -1.71. The predicted octanol–water partition coefficient (Wildman–Crippen LogP) is 1.93. The SMILES string of the molecule is CCC/C(=C\c1ccc(CO)o1)CC[C@H]1OC[C@H]2C1=C(CO)C[C@H]1C(=O)N(c3cccc(B(O)O)c3)C(=O)[C@H]12. The van der Waals surface area contributed by atoms with Gasteiger partial charge in [-0.25, -0.2) is 0 Å². The van der Waals surface area contributed by atoms with Crippen LogP contribution in [0.4, 0.5) is 5.69 Å². The number of aliphatic hydroxyl groups excluding tert-OH is 2. The molecular formula is C29H34BNO8. The summed E-state index contributed by atoms with van der Waals surface area (Å²) in [4.78, 5) is 28.3. The van der Waals surface area contributed by atoms with E-state index in [9.17, 15) is 29.9 Å². The molecule has 2 aromatic rings. The maximum atomic E-state index is 13.7. The van der Waals surface area contributed by atoms with E-state index in [1.54, 1.807) is 18.2 Å². The van der Waals surface area contributed by atoms with Crippen LogP contribution in [0.1, 0.15) is 50.5 Å². The van der Waals surface area contributed by atoms with Gasteiger partial charge in [0.05, 0.1) is 36.8 Å². The van der Waals surface area contributed by atoms with Crippen molar-refractivity contribution < 1.29 is 39.0 Å². The molecule has 3 aliphatic rings.